The van der Waals surface area contributed by atoms with Crippen LogP contribution in [0.1, 0.15) is 25.0 Å². The monoisotopic (exact) mass is 669 g/mol. The maximum Gasteiger partial charge on any atom is 0.235 e. The molecule has 1 aliphatic rings. The summed E-state index contributed by atoms with van der Waals surface area (Å²) in [5.74, 6) is 0.684. The molecule has 0 fully saturated rings. The first-order valence-corrected chi connectivity index (χ1v) is 18.3. The maximum absolute atomic E-state index is 5.55. The van der Waals surface area contributed by atoms with Crippen LogP contribution in [0, 0.1) is 0 Å². The van der Waals surface area contributed by atoms with Gasteiger partial charge in [0.05, 0.1) is 26.9 Å². The summed E-state index contributed by atoms with van der Waals surface area (Å²) >= 11 is 1.77. The van der Waals surface area contributed by atoms with Crippen LogP contribution in [0.25, 0.3) is 92.3 Å². The van der Waals surface area contributed by atoms with E-state index in [1.54, 1.807) is 11.3 Å². The SMILES string of the molecule is CC1(C)c2ccccc2-c2cccc(-c3cccc4c5ccc6ccccc6c5n(-c5nc(-c6ccccc6)c6sc7ccccc7c6n5)c34)c21. The highest BCUT2D eigenvalue weighted by molar-refractivity contribution is 7.26. The Morgan fingerprint density at radius 1 is 0.510 bits per heavy atom. The van der Waals surface area contributed by atoms with E-state index in [0.29, 0.717) is 5.95 Å². The van der Waals surface area contributed by atoms with Gasteiger partial charge < -0.3 is 0 Å². The number of thiophene rings is 1. The number of hydrogen-bond acceptors (Lipinski definition) is 3. The summed E-state index contributed by atoms with van der Waals surface area (Å²) < 4.78 is 4.69. The summed E-state index contributed by atoms with van der Waals surface area (Å²) in [6, 6.07) is 54.9. The van der Waals surface area contributed by atoms with Gasteiger partial charge in [-0.3, -0.25) is 4.57 Å². The number of fused-ring (bicyclic) bond motifs is 11. The molecule has 0 unspecified atom stereocenters. The number of hydrogen-bond donors (Lipinski definition) is 0. The molecular formula is C47H31N3S. The van der Waals surface area contributed by atoms with Crippen molar-refractivity contribution in [2.75, 3.05) is 0 Å². The lowest BCUT2D eigenvalue weighted by atomic mass is 9.78. The lowest BCUT2D eigenvalue weighted by Crippen LogP contribution is -2.16. The second-order valence-electron chi connectivity index (χ2n) is 14.1. The minimum atomic E-state index is -0.167. The third kappa shape index (κ3) is 3.94. The standard InChI is InChI=1S/C47H31N3S/c1-47(2)38-24-10-8-18-31(38)32-20-12-21-33(40(32)47)34-22-13-23-35-36-27-26-28-14-6-7-17-30(28)43(36)50(44(34)35)46-48-41(29-15-4-3-5-16-29)45-42(49-46)37-19-9-11-25-39(37)51-45/h3-27H,1-2H3. The molecule has 0 saturated heterocycles. The molecule has 0 amide bonds. The van der Waals surface area contributed by atoms with Crippen LogP contribution >= 0.6 is 11.3 Å². The molecule has 0 saturated carbocycles. The van der Waals surface area contributed by atoms with E-state index in [-0.39, 0.29) is 5.41 Å². The van der Waals surface area contributed by atoms with Gasteiger partial charge in [0.25, 0.3) is 0 Å². The molecule has 0 bridgehead atoms. The maximum atomic E-state index is 5.55. The molecule has 0 radical (unpaired) electrons. The molecular weight excluding hydrogens is 639 g/mol. The average molecular weight is 670 g/mol. The Morgan fingerprint density at radius 2 is 1.16 bits per heavy atom. The number of nitrogens with zero attached hydrogens (tertiary/aromatic N) is 3. The van der Waals surface area contributed by atoms with Crippen LogP contribution < -0.4 is 0 Å². The predicted octanol–water partition coefficient (Wildman–Crippen LogP) is 12.7. The fourth-order valence-corrected chi connectivity index (χ4v) is 9.94. The van der Waals surface area contributed by atoms with Gasteiger partial charge in [-0.05, 0) is 39.3 Å². The van der Waals surface area contributed by atoms with Gasteiger partial charge in [0, 0.05) is 42.8 Å². The molecule has 10 aromatic rings. The highest BCUT2D eigenvalue weighted by Crippen LogP contribution is 2.53. The third-order valence-electron chi connectivity index (χ3n) is 11.0. The molecule has 4 heteroatoms. The Balaban J connectivity index is 1.32. The summed E-state index contributed by atoms with van der Waals surface area (Å²) in [4.78, 5) is 11.1. The topological polar surface area (TPSA) is 30.7 Å². The van der Waals surface area contributed by atoms with E-state index in [1.807, 2.05) is 0 Å². The minimum absolute atomic E-state index is 0.167. The van der Waals surface area contributed by atoms with Crippen molar-refractivity contribution in [3.63, 3.8) is 0 Å². The quantitative estimate of drug-likeness (QED) is 0.187. The Bertz CT molecular complexity index is 3060. The van der Waals surface area contributed by atoms with Crippen LogP contribution in [0.3, 0.4) is 0 Å². The van der Waals surface area contributed by atoms with Gasteiger partial charge >= 0.3 is 0 Å². The van der Waals surface area contributed by atoms with Crippen LogP contribution in [0.2, 0.25) is 0 Å². The van der Waals surface area contributed by atoms with Crippen molar-refractivity contribution in [2.24, 2.45) is 0 Å². The van der Waals surface area contributed by atoms with Gasteiger partial charge in [-0.1, -0.05) is 159 Å². The van der Waals surface area contributed by atoms with Crippen LogP contribution in [0.15, 0.2) is 152 Å². The summed E-state index contributed by atoms with van der Waals surface area (Å²) in [6.07, 6.45) is 0. The first-order valence-electron chi connectivity index (χ1n) is 17.5. The van der Waals surface area contributed by atoms with E-state index in [9.17, 15) is 0 Å². The molecule has 240 valence electrons. The number of benzene rings is 7. The zero-order valence-electron chi connectivity index (χ0n) is 28.2. The van der Waals surface area contributed by atoms with E-state index in [1.165, 1.54) is 59.6 Å². The highest BCUT2D eigenvalue weighted by atomic mass is 32.1. The van der Waals surface area contributed by atoms with E-state index in [4.69, 9.17) is 9.97 Å². The van der Waals surface area contributed by atoms with E-state index < -0.39 is 0 Å². The van der Waals surface area contributed by atoms with Crippen LogP contribution in [-0.2, 0) is 5.41 Å². The lowest BCUT2D eigenvalue weighted by molar-refractivity contribution is 0.662. The smallest absolute Gasteiger partial charge is 0.235 e. The summed E-state index contributed by atoms with van der Waals surface area (Å²) in [5, 5.41) is 5.92. The summed E-state index contributed by atoms with van der Waals surface area (Å²) in [6.45, 7) is 4.74. The van der Waals surface area contributed by atoms with Crippen molar-refractivity contribution in [2.45, 2.75) is 19.3 Å². The minimum Gasteiger partial charge on any atom is -0.277 e. The highest BCUT2D eigenvalue weighted by Gasteiger charge is 2.38. The Hall–Kier alpha value is -6.10. The number of aromatic nitrogens is 3. The van der Waals surface area contributed by atoms with Gasteiger partial charge in [0.2, 0.25) is 5.95 Å². The molecule has 3 nitrogen and oxygen atoms in total. The number of para-hydroxylation sites is 1. The van der Waals surface area contributed by atoms with Crippen LogP contribution in [0.4, 0.5) is 0 Å². The molecule has 3 heterocycles. The van der Waals surface area contributed by atoms with Gasteiger partial charge in [-0.15, -0.1) is 11.3 Å². The lowest BCUT2D eigenvalue weighted by Gasteiger charge is -2.25. The van der Waals surface area contributed by atoms with Crippen LogP contribution in [0.5, 0.6) is 0 Å². The Labute approximate surface area is 299 Å². The first-order chi connectivity index (χ1) is 25.1. The van der Waals surface area contributed by atoms with Crippen molar-refractivity contribution in [3.05, 3.63) is 163 Å². The molecule has 0 N–H and O–H groups in total. The number of rotatable bonds is 3. The fraction of sp³-hybridized carbons (Fsp3) is 0.0638. The van der Waals surface area contributed by atoms with Gasteiger partial charge in [-0.25, -0.2) is 9.97 Å². The van der Waals surface area contributed by atoms with Gasteiger partial charge in [-0.2, -0.15) is 0 Å². The zero-order chi connectivity index (χ0) is 33.8. The van der Waals surface area contributed by atoms with Crippen molar-refractivity contribution in [1.29, 1.82) is 0 Å². The molecule has 0 spiro atoms. The fourth-order valence-electron chi connectivity index (χ4n) is 8.79. The van der Waals surface area contributed by atoms with Crippen molar-refractivity contribution in [3.8, 4) is 39.5 Å². The molecule has 7 aromatic carbocycles. The van der Waals surface area contributed by atoms with Gasteiger partial charge in [0.15, 0.2) is 0 Å². The van der Waals surface area contributed by atoms with Gasteiger partial charge in [0.1, 0.15) is 0 Å². The molecule has 1 aliphatic carbocycles. The van der Waals surface area contributed by atoms with Crippen molar-refractivity contribution >= 4 is 64.2 Å². The normalized spacial score (nSPS) is 13.5. The first kappa shape index (κ1) is 28.7. The van der Waals surface area contributed by atoms with E-state index in [0.717, 1.165) is 37.9 Å². The molecule has 3 aromatic heterocycles. The average Bonchev–Trinajstić information content (AvgIpc) is 3.81. The molecule has 51 heavy (non-hydrogen) atoms. The molecule has 0 aliphatic heterocycles. The summed E-state index contributed by atoms with van der Waals surface area (Å²) in [5.41, 5.74) is 12.9. The van der Waals surface area contributed by atoms with Crippen molar-refractivity contribution in [1.82, 2.24) is 14.5 Å². The van der Waals surface area contributed by atoms with Crippen LogP contribution in [-0.4, -0.2) is 14.5 Å². The van der Waals surface area contributed by atoms with E-state index in [2.05, 4.69) is 170 Å². The largest absolute Gasteiger partial charge is 0.277 e. The third-order valence-corrected chi connectivity index (χ3v) is 12.2. The summed E-state index contributed by atoms with van der Waals surface area (Å²) in [7, 11) is 0. The zero-order valence-corrected chi connectivity index (χ0v) is 29.0. The molecule has 11 rings (SSSR count). The second-order valence-corrected chi connectivity index (χ2v) is 15.2. The Morgan fingerprint density at radius 3 is 2.04 bits per heavy atom. The molecule has 0 atom stereocenters. The second kappa shape index (κ2) is 10.5. The predicted molar refractivity (Wildman–Crippen MR) is 215 cm³/mol. The van der Waals surface area contributed by atoms with Crippen molar-refractivity contribution < 1.29 is 0 Å². The van der Waals surface area contributed by atoms with E-state index >= 15 is 0 Å². The Kier molecular flexibility index (Phi) is 5.89.